The molecule has 2 atom stereocenters. The first-order chi connectivity index (χ1) is 23.3. The molecule has 0 aliphatic heterocycles. The second-order valence-electron chi connectivity index (χ2n) is 11.6. The van der Waals surface area contributed by atoms with Crippen LogP contribution in [0, 0.1) is 0 Å². The number of nitrogens with zero attached hydrogens (tertiary/aromatic N) is 5. The van der Waals surface area contributed by atoms with E-state index in [1.807, 2.05) is 30.3 Å². The summed E-state index contributed by atoms with van der Waals surface area (Å²) in [6, 6.07) is 23.0. The third-order valence-corrected chi connectivity index (χ3v) is 8.95. The van der Waals surface area contributed by atoms with Gasteiger partial charge in [0, 0.05) is 23.4 Å². The van der Waals surface area contributed by atoms with Gasteiger partial charge in [0.05, 0.1) is 35.8 Å². The van der Waals surface area contributed by atoms with E-state index < -0.39 is 11.9 Å². The van der Waals surface area contributed by atoms with E-state index in [9.17, 15) is 24.9 Å². The summed E-state index contributed by atoms with van der Waals surface area (Å²) in [6.07, 6.45) is 5.39. The van der Waals surface area contributed by atoms with Crippen LogP contribution in [-0.4, -0.2) is 51.8 Å². The highest BCUT2D eigenvalue weighted by Crippen LogP contribution is 2.50. The van der Waals surface area contributed by atoms with Crippen LogP contribution in [0.5, 0.6) is 0 Å². The molecule has 1 aliphatic carbocycles. The second kappa shape index (κ2) is 12.9. The maximum absolute atomic E-state index is 12.8. The van der Waals surface area contributed by atoms with Gasteiger partial charge in [-0.05, 0) is 59.6 Å². The zero-order valence-corrected chi connectivity index (χ0v) is 26.2. The maximum atomic E-state index is 12.8. The number of aromatic carboxylic acids is 2. The smallest absolute Gasteiger partial charge is 0.336 e. The van der Waals surface area contributed by atoms with E-state index in [2.05, 4.69) is 15.3 Å². The van der Waals surface area contributed by atoms with E-state index in [0.29, 0.717) is 63.8 Å². The predicted molar refractivity (Wildman–Crippen MR) is 180 cm³/mol. The predicted octanol–water partition coefficient (Wildman–Crippen LogP) is 7.19. The summed E-state index contributed by atoms with van der Waals surface area (Å²) >= 11 is 6.50. The van der Waals surface area contributed by atoms with Crippen LogP contribution in [0.3, 0.4) is 0 Å². The van der Waals surface area contributed by atoms with E-state index in [-0.39, 0.29) is 34.7 Å². The molecule has 0 saturated heterocycles. The number of aromatic nitrogens is 5. The third kappa shape index (κ3) is 5.85. The van der Waals surface area contributed by atoms with E-state index in [4.69, 9.17) is 21.7 Å². The Bertz CT molecular complexity index is 2190. The summed E-state index contributed by atoms with van der Waals surface area (Å²) in [5.41, 5.74) is 5.24. The molecule has 0 spiro atoms. The number of hydrogen-bond acceptors (Lipinski definition) is 8. The molecule has 1 saturated carbocycles. The minimum absolute atomic E-state index is 0.0271. The normalized spacial score (nSPS) is 15.9. The lowest BCUT2D eigenvalue weighted by Crippen LogP contribution is -2.16. The number of carbonyl (C=O) groups is 2. The fraction of sp³-hybridized carbons (Fsp3) is 0.167. The fourth-order valence-electron chi connectivity index (χ4n) is 6.71. The molecule has 240 valence electrons. The molecular formula is C36H29ClN6O5. The minimum atomic E-state index is -1.16. The van der Waals surface area contributed by atoms with Gasteiger partial charge in [-0.3, -0.25) is 4.98 Å². The van der Waals surface area contributed by atoms with Gasteiger partial charge in [-0.25, -0.2) is 19.6 Å². The monoisotopic (exact) mass is 660 g/mol. The van der Waals surface area contributed by atoms with Gasteiger partial charge in [0.15, 0.2) is 5.65 Å². The van der Waals surface area contributed by atoms with Crippen LogP contribution in [0.4, 0.5) is 11.5 Å². The van der Waals surface area contributed by atoms with E-state index >= 15 is 0 Å². The van der Waals surface area contributed by atoms with Crippen molar-refractivity contribution in [1.82, 2.24) is 24.6 Å². The molecule has 3 aromatic carbocycles. The van der Waals surface area contributed by atoms with Gasteiger partial charge in [-0.1, -0.05) is 66.6 Å². The number of fused-ring (bicyclic) bond motifs is 1. The van der Waals surface area contributed by atoms with E-state index in [0.717, 1.165) is 12.0 Å². The quantitative estimate of drug-likeness (QED) is 0.117. The lowest BCUT2D eigenvalue weighted by atomic mass is 9.79. The Morgan fingerprint density at radius 3 is 2.33 bits per heavy atom. The number of halogens is 1. The SMILES string of the molecule is O=C(O)c1ccccc1C1CCCC1c1c(Nc2cc(Cl)nc3cc(-c4cncc(-c5ccccc5)n4)nn23)cc(CO)cc1C(=O)O. The number of carboxylic acid groups (broad SMARTS) is 2. The molecule has 3 heterocycles. The van der Waals surface area contributed by atoms with Gasteiger partial charge < -0.3 is 20.6 Å². The van der Waals surface area contributed by atoms with Gasteiger partial charge in [0.2, 0.25) is 0 Å². The number of aliphatic hydroxyl groups excluding tert-OH is 1. The zero-order valence-electron chi connectivity index (χ0n) is 25.4. The largest absolute Gasteiger partial charge is 0.478 e. The molecule has 3 aromatic heterocycles. The van der Waals surface area contributed by atoms with Gasteiger partial charge >= 0.3 is 11.9 Å². The number of aliphatic hydroxyl groups is 1. The summed E-state index contributed by atoms with van der Waals surface area (Å²) in [5.74, 6) is -2.37. The van der Waals surface area contributed by atoms with E-state index in [1.54, 1.807) is 59.4 Å². The summed E-state index contributed by atoms with van der Waals surface area (Å²) in [4.78, 5) is 38.5. The van der Waals surface area contributed by atoms with Crippen molar-refractivity contribution in [2.24, 2.45) is 0 Å². The number of carboxylic acids is 2. The van der Waals surface area contributed by atoms with Gasteiger partial charge in [-0.15, -0.1) is 0 Å². The summed E-state index contributed by atoms with van der Waals surface area (Å²) in [6.45, 7) is -0.389. The molecule has 12 heteroatoms. The molecule has 1 fully saturated rings. The van der Waals surface area contributed by atoms with Crippen molar-refractivity contribution in [3.8, 4) is 22.6 Å². The van der Waals surface area contributed by atoms with Crippen molar-refractivity contribution >= 4 is 40.7 Å². The van der Waals surface area contributed by atoms with Gasteiger partial charge in [0.25, 0.3) is 0 Å². The van der Waals surface area contributed by atoms with E-state index in [1.165, 1.54) is 6.07 Å². The Morgan fingerprint density at radius 2 is 1.56 bits per heavy atom. The average molecular weight is 661 g/mol. The Balaban J connectivity index is 1.34. The summed E-state index contributed by atoms with van der Waals surface area (Å²) in [5, 5.41) is 38.8. The maximum Gasteiger partial charge on any atom is 0.336 e. The highest BCUT2D eigenvalue weighted by atomic mass is 35.5. The Morgan fingerprint density at radius 1 is 0.833 bits per heavy atom. The molecule has 0 bridgehead atoms. The number of benzene rings is 3. The van der Waals surface area contributed by atoms with Crippen molar-refractivity contribution < 1.29 is 24.9 Å². The van der Waals surface area contributed by atoms with Crippen molar-refractivity contribution in [2.45, 2.75) is 37.7 Å². The lowest BCUT2D eigenvalue weighted by molar-refractivity contribution is 0.0682. The Labute approximate surface area is 279 Å². The van der Waals surface area contributed by atoms with Crippen LogP contribution in [0.15, 0.2) is 91.3 Å². The number of nitrogens with one attached hydrogen (secondary N) is 1. The zero-order chi connectivity index (χ0) is 33.4. The number of hydrogen-bond donors (Lipinski definition) is 4. The van der Waals surface area contributed by atoms with Crippen molar-refractivity contribution in [3.63, 3.8) is 0 Å². The molecule has 1 aliphatic rings. The molecular weight excluding hydrogens is 632 g/mol. The van der Waals surface area contributed by atoms with Gasteiger partial charge in [0.1, 0.15) is 22.4 Å². The second-order valence-corrected chi connectivity index (χ2v) is 12.0. The third-order valence-electron chi connectivity index (χ3n) is 8.76. The first-order valence-corrected chi connectivity index (χ1v) is 15.7. The molecule has 2 unspecified atom stereocenters. The molecule has 0 radical (unpaired) electrons. The molecule has 4 N–H and O–H groups in total. The topological polar surface area (TPSA) is 163 Å². The standard InChI is InChI=1S/C36H29ClN6O5/c37-31-16-33(43-32(41-31)15-27(42-43)30-18-38-17-29(39-30)21-7-2-1-3-8-21)40-28-14-20(19-44)13-26(36(47)48)34(28)24-12-6-11-22(24)23-9-4-5-10-25(23)35(45)46/h1-5,7-10,13-18,22,24,40,44H,6,11-12,19H2,(H,45,46)(H,47,48). The van der Waals surface area contributed by atoms with Crippen LogP contribution in [-0.2, 0) is 6.61 Å². The molecule has 7 rings (SSSR count). The lowest BCUT2D eigenvalue weighted by Gasteiger charge is -2.27. The van der Waals surface area contributed by atoms with Crippen LogP contribution in [0.1, 0.15) is 68.5 Å². The van der Waals surface area contributed by atoms with Crippen LogP contribution in [0.2, 0.25) is 5.15 Å². The van der Waals surface area contributed by atoms with Crippen LogP contribution < -0.4 is 5.32 Å². The first-order valence-electron chi connectivity index (χ1n) is 15.3. The molecule has 11 nitrogen and oxygen atoms in total. The average Bonchev–Trinajstić information content (AvgIpc) is 3.76. The van der Waals surface area contributed by atoms with Crippen LogP contribution >= 0.6 is 11.6 Å². The highest BCUT2D eigenvalue weighted by Gasteiger charge is 2.36. The van der Waals surface area contributed by atoms with Gasteiger partial charge in [-0.2, -0.15) is 9.61 Å². The highest BCUT2D eigenvalue weighted by molar-refractivity contribution is 6.29. The van der Waals surface area contributed by atoms with Crippen molar-refractivity contribution in [2.75, 3.05) is 5.32 Å². The van der Waals surface area contributed by atoms with Crippen LogP contribution in [0.25, 0.3) is 28.3 Å². The fourth-order valence-corrected chi connectivity index (χ4v) is 6.90. The Hall–Kier alpha value is -5.65. The summed E-state index contributed by atoms with van der Waals surface area (Å²) < 4.78 is 1.56. The first kappa shape index (κ1) is 31.0. The molecule has 0 amide bonds. The molecule has 6 aromatic rings. The minimum Gasteiger partial charge on any atom is -0.478 e. The number of anilines is 2. The summed E-state index contributed by atoms with van der Waals surface area (Å²) in [7, 11) is 0. The van der Waals surface area contributed by atoms with Crippen molar-refractivity contribution in [3.05, 3.63) is 124 Å². The number of rotatable bonds is 9. The van der Waals surface area contributed by atoms with Crippen molar-refractivity contribution in [1.29, 1.82) is 0 Å². The Kier molecular flexibility index (Phi) is 8.30. The molecule has 48 heavy (non-hydrogen) atoms.